The van der Waals surface area contributed by atoms with Crippen LogP contribution in [-0.4, -0.2) is 42.6 Å². The van der Waals surface area contributed by atoms with Crippen LogP contribution < -0.4 is 9.47 Å². The van der Waals surface area contributed by atoms with Crippen molar-refractivity contribution in [3.05, 3.63) is 83.2 Å². The van der Waals surface area contributed by atoms with Crippen LogP contribution >= 0.6 is 0 Å². The molecular weight excluding hydrogens is 427 g/mol. The number of piperidine rings is 1. The van der Waals surface area contributed by atoms with Gasteiger partial charge in [-0.25, -0.2) is 4.39 Å². The lowest BCUT2D eigenvalue weighted by Gasteiger charge is -2.36. The molecule has 0 radical (unpaired) electrons. The van der Waals surface area contributed by atoms with Gasteiger partial charge in [-0.2, -0.15) is 0 Å². The highest BCUT2D eigenvalue weighted by atomic mass is 19.1. The first-order valence-corrected chi connectivity index (χ1v) is 12.3. The van der Waals surface area contributed by atoms with E-state index in [0.29, 0.717) is 12.6 Å². The Labute approximate surface area is 201 Å². The molecule has 34 heavy (non-hydrogen) atoms. The molecule has 0 aliphatic carbocycles. The Morgan fingerprint density at radius 3 is 2.41 bits per heavy atom. The minimum atomic E-state index is -0.223. The summed E-state index contributed by atoms with van der Waals surface area (Å²) in [5.74, 6) is 1.60. The van der Waals surface area contributed by atoms with E-state index in [1.165, 1.54) is 41.7 Å². The Balaban J connectivity index is 1.20. The molecule has 178 valence electrons. The van der Waals surface area contributed by atoms with Gasteiger partial charge in [0.15, 0.2) is 0 Å². The maximum Gasteiger partial charge on any atom is 0.127 e. The normalized spacial score (nSPS) is 17.0. The molecule has 0 amide bonds. The molecular formula is C29H33FN2O2. The molecule has 2 heterocycles. The Bertz CT molecular complexity index is 1120. The number of benzene rings is 3. The van der Waals surface area contributed by atoms with Gasteiger partial charge in [-0.15, -0.1) is 0 Å². The molecule has 2 aliphatic rings. The van der Waals surface area contributed by atoms with Gasteiger partial charge in [0, 0.05) is 31.2 Å². The molecule has 5 rings (SSSR count). The summed E-state index contributed by atoms with van der Waals surface area (Å²) < 4.78 is 24.7. The van der Waals surface area contributed by atoms with E-state index in [4.69, 9.17) is 9.47 Å². The van der Waals surface area contributed by atoms with Crippen LogP contribution in [0.2, 0.25) is 0 Å². The van der Waals surface area contributed by atoms with Crippen molar-refractivity contribution in [3.63, 3.8) is 0 Å². The van der Waals surface area contributed by atoms with Crippen molar-refractivity contribution in [2.24, 2.45) is 0 Å². The zero-order chi connectivity index (χ0) is 23.5. The van der Waals surface area contributed by atoms with Crippen molar-refractivity contribution in [1.82, 2.24) is 9.80 Å². The number of nitrogens with zero attached hydrogens (tertiary/aromatic N) is 2. The number of hydrogen-bond acceptors (Lipinski definition) is 4. The van der Waals surface area contributed by atoms with Crippen LogP contribution in [0.1, 0.15) is 36.5 Å². The van der Waals surface area contributed by atoms with Gasteiger partial charge in [0.1, 0.15) is 17.3 Å². The topological polar surface area (TPSA) is 24.9 Å². The number of likely N-dealkylation sites (tertiary alicyclic amines) is 1. The number of methoxy groups -OCH3 is 1. The number of rotatable bonds is 7. The van der Waals surface area contributed by atoms with E-state index in [0.717, 1.165) is 55.3 Å². The van der Waals surface area contributed by atoms with Gasteiger partial charge in [0.2, 0.25) is 0 Å². The van der Waals surface area contributed by atoms with E-state index < -0.39 is 0 Å². The van der Waals surface area contributed by atoms with E-state index in [2.05, 4.69) is 46.2 Å². The average Bonchev–Trinajstić information content (AvgIpc) is 3.29. The zero-order valence-corrected chi connectivity index (χ0v) is 20.1. The molecule has 1 saturated heterocycles. The first-order chi connectivity index (χ1) is 16.6. The number of ether oxygens (including phenoxy) is 2. The molecule has 1 fully saturated rings. The van der Waals surface area contributed by atoms with E-state index in [9.17, 15) is 4.39 Å². The fraction of sp³-hybridized carbons (Fsp3) is 0.379. The molecule has 0 spiro atoms. The third-order valence-electron chi connectivity index (χ3n) is 7.14. The molecule has 0 saturated carbocycles. The van der Waals surface area contributed by atoms with Gasteiger partial charge in [-0.05, 0) is 85.4 Å². The lowest BCUT2D eigenvalue weighted by atomic mass is 10.0. The van der Waals surface area contributed by atoms with Crippen LogP contribution in [0.5, 0.6) is 11.5 Å². The van der Waals surface area contributed by atoms with E-state index in [-0.39, 0.29) is 5.82 Å². The van der Waals surface area contributed by atoms with Crippen molar-refractivity contribution < 1.29 is 13.9 Å². The summed E-state index contributed by atoms with van der Waals surface area (Å²) >= 11 is 0. The Morgan fingerprint density at radius 2 is 1.68 bits per heavy atom. The first-order valence-electron chi connectivity index (χ1n) is 12.3. The molecule has 0 atom stereocenters. The predicted molar refractivity (Wildman–Crippen MR) is 134 cm³/mol. The lowest BCUT2D eigenvalue weighted by Crippen LogP contribution is -2.42. The predicted octanol–water partition coefficient (Wildman–Crippen LogP) is 5.88. The van der Waals surface area contributed by atoms with Gasteiger partial charge in [-0.3, -0.25) is 9.80 Å². The second-order valence-electron chi connectivity index (χ2n) is 9.32. The third kappa shape index (κ3) is 4.96. The Kier molecular flexibility index (Phi) is 6.84. The summed E-state index contributed by atoms with van der Waals surface area (Å²) in [7, 11) is 1.73. The highest BCUT2D eigenvalue weighted by molar-refractivity contribution is 5.71. The quantitative estimate of drug-likeness (QED) is 0.440. The molecule has 0 aromatic heterocycles. The maximum atomic E-state index is 13.4. The average molecular weight is 461 g/mol. The van der Waals surface area contributed by atoms with Crippen molar-refractivity contribution in [2.45, 2.75) is 45.4 Å². The maximum absolute atomic E-state index is 13.4. The molecule has 5 heteroatoms. The number of hydrogen-bond donors (Lipinski definition) is 0. The van der Waals surface area contributed by atoms with Gasteiger partial charge in [0.25, 0.3) is 0 Å². The Morgan fingerprint density at radius 1 is 0.912 bits per heavy atom. The summed E-state index contributed by atoms with van der Waals surface area (Å²) in [5.41, 5.74) is 6.09. The summed E-state index contributed by atoms with van der Waals surface area (Å²) in [6.07, 6.45) is 2.38. The fourth-order valence-corrected chi connectivity index (χ4v) is 5.29. The lowest BCUT2D eigenvalue weighted by molar-refractivity contribution is 0.103. The summed E-state index contributed by atoms with van der Waals surface area (Å²) in [6, 6.07) is 20.2. The minimum absolute atomic E-state index is 0.223. The molecule has 2 aliphatic heterocycles. The van der Waals surface area contributed by atoms with Gasteiger partial charge >= 0.3 is 0 Å². The standard InChI is InChI=1S/C29H33FN2O2/c1-3-34-29-16-21(4-11-28(29)22-5-8-25(30)9-6-22)18-31-14-12-26(13-15-31)32-19-23-7-10-27(33-2)17-24(23)20-32/h4-11,16-17,26H,3,12-15,18-20H2,1-2H3. The largest absolute Gasteiger partial charge is 0.497 e. The molecule has 3 aromatic carbocycles. The minimum Gasteiger partial charge on any atom is -0.497 e. The SMILES string of the molecule is CCOc1cc(CN2CCC(N3Cc4ccc(OC)cc4C3)CC2)ccc1-c1ccc(F)cc1. The van der Waals surface area contributed by atoms with Crippen LogP contribution in [-0.2, 0) is 19.6 Å². The van der Waals surface area contributed by atoms with Crippen molar-refractivity contribution in [1.29, 1.82) is 0 Å². The highest BCUT2D eigenvalue weighted by Gasteiger charge is 2.29. The van der Waals surface area contributed by atoms with E-state index in [1.807, 2.05) is 19.1 Å². The zero-order valence-electron chi connectivity index (χ0n) is 20.1. The third-order valence-corrected chi connectivity index (χ3v) is 7.14. The molecule has 3 aromatic rings. The van der Waals surface area contributed by atoms with Crippen LogP contribution in [0.3, 0.4) is 0 Å². The van der Waals surface area contributed by atoms with Crippen molar-refractivity contribution in [3.8, 4) is 22.6 Å². The number of fused-ring (bicyclic) bond motifs is 1. The molecule has 0 bridgehead atoms. The van der Waals surface area contributed by atoms with Gasteiger partial charge < -0.3 is 9.47 Å². The summed E-state index contributed by atoms with van der Waals surface area (Å²) in [5, 5.41) is 0. The van der Waals surface area contributed by atoms with Crippen LogP contribution in [0.25, 0.3) is 11.1 Å². The highest BCUT2D eigenvalue weighted by Crippen LogP contribution is 2.33. The smallest absolute Gasteiger partial charge is 0.127 e. The molecule has 0 unspecified atom stereocenters. The second-order valence-corrected chi connectivity index (χ2v) is 9.32. The summed E-state index contributed by atoms with van der Waals surface area (Å²) in [6.45, 7) is 7.81. The van der Waals surface area contributed by atoms with Crippen LogP contribution in [0.4, 0.5) is 4.39 Å². The monoisotopic (exact) mass is 460 g/mol. The second kappa shape index (κ2) is 10.2. The van der Waals surface area contributed by atoms with Crippen LogP contribution in [0.15, 0.2) is 60.7 Å². The van der Waals surface area contributed by atoms with Gasteiger partial charge in [0.05, 0.1) is 13.7 Å². The van der Waals surface area contributed by atoms with Crippen LogP contribution in [0, 0.1) is 5.82 Å². The van der Waals surface area contributed by atoms with Gasteiger partial charge in [-0.1, -0.05) is 30.3 Å². The first kappa shape index (κ1) is 22.9. The molecule has 0 N–H and O–H groups in total. The van der Waals surface area contributed by atoms with E-state index in [1.54, 1.807) is 7.11 Å². The molecule has 4 nitrogen and oxygen atoms in total. The fourth-order valence-electron chi connectivity index (χ4n) is 5.29. The summed E-state index contributed by atoms with van der Waals surface area (Å²) in [4.78, 5) is 5.18. The van der Waals surface area contributed by atoms with E-state index >= 15 is 0 Å². The van der Waals surface area contributed by atoms with Crippen molar-refractivity contribution in [2.75, 3.05) is 26.8 Å². The Hall–Kier alpha value is -2.89. The number of halogens is 1. The van der Waals surface area contributed by atoms with Crippen molar-refractivity contribution >= 4 is 0 Å².